The monoisotopic (exact) mass is 302 g/mol. The molecule has 1 heterocycles. The van der Waals surface area contributed by atoms with Crippen LogP contribution in [0.15, 0.2) is 30.3 Å². The number of hydrogen-bond acceptors (Lipinski definition) is 3. The van der Waals surface area contributed by atoms with E-state index in [1.165, 1.54) is 31.4 Å². The third-order valence-corrected chi connectivity index (χ3v) is 5.42. The molecule has 0 bridgehead atoms. The number of aliphatic hydroxyl groups is 1. The Balaban J connectivity index is 1.56. The van der Waals surface area contributed by atoms with Crippen molar-refractivity contribution in [2.45, 2.75) is 51.2 Å². The third-order valence-electron chi connectivity index (χ3n) is 5.42. The number of nitrogens with one attached hydrogen (secondary N) is 1. The maximum atomic E-state index is 9.32. The van der Waals surface area contributed by atoms with Crippen molar-refractivity contribution >= 4 is 0 Å². The molecule has 3 unspecified atom stereocenters. The van der Waals surface area contributed by atoms with Gasteiger partial charge in [0.25, 0.3) is 0 Å². The molecule has 3 atom stereocenters. The lowest BCUT2D eigenvalue weighted by molar-refractivity contribution is 0.0817. The zero-order valence-electron chi connectivity index (χ0n) is 13.7. The second-order valence-electron chi connectivity index (χ2n) is 7.21. The van der Waals surface area contributed by atoms with Gasteiger partial charge in [0.15, 0.2) is 0 Å². The Hall–Kier alpha value is -0.900. The average Bonchev–Trinajstić information content (AvgIpc) is 3.38. The van der Waals surface area contributed by atoms with Crippen LogP contribution in [0.4, 0.5) is 0 Å². The largest absolute Gasteiger partial charge is 0.396 e. The molecule has 2 fully saturated rings. The predicted molar refractivity (Wildman–Crippen MR) is 90.6 cm³/mol. The zero-order chi connectivity index (χ0) is 15.4. The molecule has 1 aromatic carbocycles. The number of nitrogens with zero attached hydrogens (tertiary/aromatic N) is 1. The van der Waals surface area contributed by atoms with Crippen molar-refractivity contribution in [3.63, 3.8) is 0 Å². The zero-order valence-corrected chi connectivity index (χ0v) is 13.7. The Kier molecular flexibility index (Phi) is 5.51. The van der Waals surface area contributed by atoms with Crippen LogP contribution in [-0.2, 0) is 6.54 Å². The van der Waals surface area contributed by atoms with Crippen LogP contribution in [-0.4, -0.2) is 41.8 Å². The molecule has 3 rings (SSSR count). The van der Waals surface area contributed by atoms with Crippen LogP contribution in [0.1, 0.15) is 38.2 Å². The number of likely N-dealkylation sites (tertiary alicyclic amines) is 1. The van der Waals surface area contributed by atoms with Crippen LogP contribution in [0.2, 0.25) is 0 Å². The number of piperidine rings is 1. The molecule has 2 N–H and O–H groups in total. The van der Waals surface area contributed by atoms with Gasteiger partial charge in [0.05, 0.1) is 0 Å². The smallest absolute Gasteiger partial charge is 0.0434 e. The highest BCUT2D eigenvalue weighted by Crippen LogP contribution is 2.36. The quantitative estimate of drug-likeness (QED) is 0.813. The fourth-order valence-electron chi connectivity index (χ4n) is 3.85. The van der Waals surface area contributed by atoms with E-state index in [1.54, 1.807) is 0 Å². The number of benzene rings is 1. The van der Waals surface area contributed by atoms with Crippen molar-refractivity contribution in [1.82, 2.24) is 10.2 Å². The summed E-state index contributed by atoms with van der Waals surface area (Å²) in [6.07, 6.45) is 4.95. The van der Waals surface area contributed by atoms with E-state index in [1.807, 2.05) is 0 Å². The summed E-state index contributed by atoms with van der Waals surface area (Å²) < 4.78 is 0. The van der Waals surface area contributed by atoms with Crippen molar-refractivity contribution in [2.24, 2.45) is 11.8 Å². The van der Waals surface area contributed by atoms with Gasteiger partial charge in [0, 0.05) is 38.3 Å². The molecule has 1 aliphatic carbocycles. The molecule has 1 aliphatic heterocycles. The van der Waals surface area contributed by atoms with E-state index >= 15 is 0 Å². The lowest BCUT2D eigenvalue weighted by Gasteiger charge is -2.41. The summed E-state index contributed by atoms with van der Waals surface area (Å²) in [6.45, 7) is 5.99. The molecule has 0 spiro atoms. The number of aliphatic hydroxyl groups excluding tert-OH is 1. The second kappa shape index (κ2) is 7.58. The maximum absolute atomic E-state index is 9.32. The summed E-state index contributed by atoms with van der Waals surface area (Å²) in [5, 5.41) is 13.1. The first kappa shape index (κ1) is 16.0. The second-order valence-corrected chi connectivity index (χ2v) is 7.21. The molecule has 1 saturated carbocycles. The van der Waals surface area contributed by atoms with E-state index < -0.39 is 0 Å². The molecule has 1 saturated heterocycles. The average molecular weight is 302 g/mol. The highest BCUT2D eigenvalue weighted by molar-refractivity contribution is 5.14. The van der Waals surface area contributed by atoms with Gasteiger partial charge in [-0.15, -0.1) is 0 Å². The Morgan fingerprint density at radius 1 is 1.23 bits per heavy atom. The summed E-state index contributed by atoms with van der Waals surface area (Å²) in [4.78, 5) is 2.67. The summed E-state index contributed by atoms with van der Waals surface area (Å²) in [5.74, 6) is 1.55. The van der Waals surface area contributed by atoms with Crippen molar-refractivity contribution in [2.75, 3.05) is 19.7 Å². The molecule has 122 valence electrons. The van der Waals surface area contributed by atoms with Gasteiger partial charge in [0.1, 0.15) is 0 Å². The van der Waals surface area contributed by atoms with Crippen LogP contribution in [0.25, 0.3) is 0 Å². The topological polar surface area (TPSA) is 35.5 Å². The van der Waals surface area contributed by atoms with Crippen molar-refractivity contribution in [1.29, 1.82) is 0 Å². The molecule has 0 radical (unpaired) electrons. The fourth-order valence-corrected chi connectivity index (χ4v) is 3.85. The summed E-state index contributed by atoms with van der Waals surface area (Å²) >= 11 is 0. The SMILES string of the molecule is CC(C1CC1)N1CC(CCO)CC(NCc2ccccc2)C1. The standard InChI is InChI=1S/C19H30N2O/c1-15(18-7-8-18)21-13-17(9-10-22)11-19(14-21)20-12-16-5-3-2-4-6-16/h2-6,15,17-20,22H,7-14H2,1H3. The Morgan fingerprint density at radius 3 is 2.68 bits per heavy atom. The molecule has 0 aromatic heterocycles. The Bertz CT molecular complexity index is 446. The van der Waals surface area contributed by atoms with Gasteiger partial charge in [-0.05, 0) is 50.0 Å². The van der Waals surface area contributed by atoms with E-state index in [2.05, 4.69) is 47.5 Å². The van der Waals surface area contributed by atoms with Crippen LogP contribution in [0.5, 0.6) is 0 Å². The van der Waals surface area contributed by atoms with Gasteiger partial charge < -0.3 is 10.4 Å². The Labute approximate surface area is 134 Å². The molecule has 22 heavy (non-hydrogen) atoms. The fraction of sp³-hybridized carbons (Fsp3) is 0.684. The van der Waals surface area contributed by atoms with Gasteiger partial charge >= 0.3 is 0 Å². The summed E-state index contributed by atoms with van der Waals surface area (Å²) in [5.41, 5.74) is 1.36. The van der Waals surface area contributed by atoms with Gasteiger partial charge in [-0.1, -0.05) is 30.3 Å². The van der Waals surface area contributed by atoms with Crippen molar-refractivity contribution < 1.29 is 5.11 Å². The number of hydrogen-bond donors (Lipinski definition) is 2. The van der Waals surface area contributed by atoms with E-state index in [4.69, 9.17) is 0 Å². The lowest BCUT2D eigenvalue weighted by atomic mass is 9.90. The van der Waals surface area contributed by atoms with Gasteiger partial charge in [-0.2, -0.15) is 0 Å². The highest BCUT2D eigenvalue weighted by Gasteiger charge is 2.36. The molecule has 1 aromatic rings. The normalized spacial score (nSPS) is 27.7. The van der Waals surface area contributed by atoms with Gasteiger partial charge in [0.2, 0.25) is 0 Å². The third kappa shape index (κ3) is 4.31. The van der Waals surface area contributed by atoms with E-state index in [0.717, 1.165) is 25.4 Å². The van der Waals surface area contributed by atoms with Crippen molar-refractivity contribution in [3.05, 3.63) is 35.9 Å². The minimum Gasteiger partial charge on any atom is -0.396 e. The van der Waals surface area contributed by atoms with Gasteiger partial charge in [-0.3, -0.25) is 4.90 Å². The van der Waals surface area contributed by atoms with Crippen LogP contribution in [0.3, 0.4) is 0 Å². The molecule has 3 heteroatoms. The maximum Gasteiger partial charge on any atom is 0.0434 e. The van der Waals surface area contributed by atoms with Crippen LogP contribution in [0, 0.1) is 11.8 Å². The minimum absolute atomic E-state index is 0.321. The first-order chi connectivity index (χ1) is 10.8. The summed E-state index contributed by atoms with van der Waals surface area (Å²) in [7, 11) is 0. The molecule has 3 nitrogen and oxygen atoms in total. The number of rotatable bonds is 7. The minimum atomic E-state index is 0.321. The van der Waals surface area contributed by atoms with E-state index in [0.29, 0.717) is 24.6 Å². The van der Waals surface area contributed by atoms with Crippen molar-refractivity contribution in [3.8, 4) is 0 Å². The van der Waals surface area contributed by atoms with Gasteiger partial charge in [-0.25, -0.2) is 0 Å². The molecule has 0 amide bonds. The predicted octanol–water partition coefficient (Wildman–Crippen LogP) is 2.65. The molecule has 2 aliphatic rings. The first-order valence-corrected chi connectivity index (χ1v) is 8.88. The van der Waals surface area contributed by atoms with Crippen LogP contribution >= 0.6 is 0 Å². The van der Waals surface area contributed by atoms with Crippen LogP contribution < -0.4 is 5.32 Å². The molecular formula is C19H30N2O. The molecular weight excluding hydrogens is 272 g/mol. The highest BCUT2D eigenvalue weighted by atomic mass is 16.3. The Morgan fingerprint density at radius 2 is 2.00 bits per heavy atom. The lowest BCUT2D eigenvalue weighted by Crippen LogP contribution is -2.52. The van der Waals surface area contributed by atoms with E-state index in [-0.39, 0.29) is 0 Å². The van der Waals surface area contributed by atoms with E-state index in [9.17, 15) is 5.11 Å². The first-order valence-electron chi connectivity index (χ1n) is 8.88. The summed E-state index contributed by atoms with van der Waals surface area (Å²) in [6, 6.07) is 11.9.